The van der Waals surface area contributed by atoms with E-state index >= 15 is 0 Å². The second-order valence-electron chi connectivity index (χ2n) is 7.82. The first-order valence-corrected chi connectivity index (χ1v) is 12.6. The van der Waals surface area contributed by atoms with Gasteiger partial charge in [0.2, 0.25) is 0 Å². The molecule has 148 valence electrons. The van der Waals surface area contributed by atoms with Gasteiger partial charge in [0.15, 0.2) is 0 Å². The van der Waals surface area contributed by atoms with Crippen molar-refractivity contribution in [3.05, 3.63) is 114 Å². The Morgan fingerprint density at radius 1 is 0.667 bits per heavy atom. The van der Waals surface area contributed by atoms with Gasteiger partial charge in [-0.25, -0.2) is 4.98 Å². The van der Waals surface area contributed by atoms with E-state index in [0.29, 0.717) is 0 Å². The molecule has 0 saturated heterocycles. The van der Waals surface area contributed by atoms with Crippen LogP contribution in [0.3, 0.4) is 0 Å². The predicted octanol–water partition coefficient (Wildman–Crippen LogP) is 4.93. The molecular formula is C27H26N2P+. The smallest absolute Gasteiger partial charge is 0.129 e. The van der Waals surface area contributed by atoms with Crippen molar-refractivity contribution in [3.63, 3.8) is 0 Å². The number of benzene rings is 3. The maximum atomic E-state index is 5.09. The molecule has 0 aliphatic carbocycles. The Balaban J connectivity index is 1.72. The van der Waals surface area contributed by atoms with Gasteiger partial charge in [-0.1, -0.05) is 60.7 Å². The van der Waals surface area contributed by atoms with Crippen molar-refractivity contribution in [1.29, 1.82) is 0 Å². The summed E-state index contributed by atoms with van der Waals surface area (Å²) < 4.78 is 0. The number of hydrogen-bond acceptors (Lipinski definition) is 2. The third kappa shape index (κ3) is 3.53. The van der Waals surface area contributed by atoms with E-state index in [1.165, 1.54) is 27.9 Å². The first-order chi connectivity index (χ1) is 14.9. The number of aromatic nitrogens is 1. The molecule has 30 heavy (non-hydrogen) atoms. The van der Waals surface area contributed by atoms with Crippen LogP contribution in [0.2, 0.25) is 0 Å². The van der Waals surface area contributed by atoms with E-state index in [4.69, 9.17) is 4.98 Å². The molecule has 2 nitrogen and oxygen atoms in total. The van der Waals surface area contributed by atoms with Crippen molar-refractivity contribution in [2.75, 3.05) is 11.9 Å². The van der Waals surface area contributed by atoms with Crippen LogP contribution >= 0.6 is 7.26 Å². The average molecular weight is 409 g/mol. The van der Waals surface area contributed by atoms with Gasteiger partial charge in [-0.15, -0.1) is 0 Å². The molecule has 3 aromatic carbocycles. The third-order valence-corrected chi connectivity index (χ3v) is 10.3. The van der Waals surface area contributed by atoms with Crippen molar-refractivity contribution in [2.45, 2.75) is 19.0 Å². The summed E-state index contributed by atoms with van der Waals surface area (Å²) in [6, 6.07) is 37.6. The summed E-state index contributed by atoms with van der Waals surface area (Å²) in [4.78, 5) is 5.09. The Morgan fingerprint density at radius 2 is 1.20 bits per heavy atom. The molecular weight excluding hydrogens is 383 g/mol. The lowest BCUT2D eigenvalue weighted by atomic mass is 10.1. The summed E-state index contributed by atoms with van der Waals surface area (Å²) in [7, 11) is -1.90. The summed E-state index contributed by atoms with van der Waals surface area (Å²) in [5.74, 6) is 1.08. The van der Waals surface area contributed by atoms with E-state index in [9.17, 15) is 0 Å². The molecule has 0 spiro atoms. The molecule has 1 aromatic heterocycles. The Kier molecular flexibility index (Phi) is 5.34. The number of hydrogen-bond donors (Lipinski definition) is 1. The minimum Gasteiger partial charge on any atom is -0.370 e. The predicted molar refractivity (Wildman–Crippen MR) is 130 cm³/mol. The largest absolute Gasteiger partial charge is 0.370 e. The zero-order valence-corrected chi connectivity index (χ0v) is 17.9. The number of rotatable bonds is 5. The van der Waals surface area contributed by atoms with Crippen molar-refractivity contribution in [1.82, 2.24) is 4.98 Å². The molecule has 1 aliphatic heterocycles. The van der Waals surface area contributed by atoms with Crippen molar-refractivity contribution in [3.8, 4) is 0 Å². The third-order valence-electron chi connectivity index (χ3n) is 5.94. The summed E-state index contributed by atoms with van der Waals surface area (Å²) in [6.07, 6.45) is 3.22. The van der Waals surface area contributed by atoms with Gasteiger partial charge >= 0.3 is 0 Å². The van der Waals surface area contributed by atoms with Gasteiger partial charge in [0, 0.05) is 6.54 Å². The van der Waals surface area contributed by atoms with Gasteiger partial charge in [-0.2, -0.15) is 0 Å². The maximum absolute atomic E-state index is 5.09. The SMILES string of the molecule is c1ccc([P+](Cc2ccc3c(n2)NCCC3)(c2ccccc2)c2ccccc2)cc1. The van der Waals surface area contributed by atoms with Crippen LogP contribution < -0.4 is 21.2 Å². The number of aryl methyl sites for hydroxylation is 1. The van der Waals surface area contributed by atoms with Gasteiger partial charge in [0.1, 0.15) is 35.2 Å². The first-order valence-electron chi connectivity index (χ1n) is 10.6. The Morgan fingerprint density at radius 3 is 1.73 bits per heavy atom. The fourth-order valence-electron chi connectivity index (χ4n) is 4.47. The molecule has 5 rings (SSSR count). The van der Waals surface area contributed by atoms with Gasteiger partial charge in [0.05, 0.1) is 5.69 Å². The van der Waals surface area contributed by atoms with Crippen LogP contribution in [0.25, 0.3) is 0 Å². The Bertz CT molecular complexity index is 1010. The molecule has 0 saturated carbocycles. The molecule has 0 atom stereocenters. The molecule has 0 unspecified atom stereocenters. The molecule has 0 radical (unpaired) electrons. The van der Waals surface area contributed by atoms with Gasteiger partial charge < -0.3 is 5.32 Å². The van der Waals surface area contributed by atoms with Crippen molar-refractivity contribution in [2.24, 2.45) is 0 Å². The van der Waals surface area contributed by atoms with E-state index in [-0.39, 0.29) is 0 Å². The quantitative estimate of drug-likeness (QED) is 0.473. The summed E-state index contributed by atoms with van der Waals surface area (Å²) in [5.41, 5.74) is 2.50. The zero-order valence-electron chi connectivity index (χ0n) is 17.0. The standard InChI is InChI=1S/C27H26N2P/c1-4-12-24(13-5-1)30(25-14-6-2-7-15-25,26-16-8-3-9-17-26)21-23-19-18-22-11-10-20-28-27(22)29-23/h1-9,12-19H,10-11,20-21H2,(H,28,29)/q+1. The number of fused-ring (bicyclic) bond motifs is 1. The first kappa shape index (κ1) is 19.0. The lowest BCUT2D eigenvalue weighted by Gasteiger charge is -2.28. The van der Waals surface area contributed by atoms with Crippen LogP contribution in [-0.2, 0) is 12.6 Å². The van der Waals surface area contributed by atoms with E-state index in [0.717, 1.165) is 30.6 Å². The molecule has 0 amide bonds. The van der Waals surface area contributed by atoms with E-state index < -0.39 is 7.26 Å². The van der Waals surface area contributed by atoms with Crippen LogP contribution in [0, 0.1) is 0 Å². The number of anilines is 1. The van der Waals surface area contributed by atoms with Gasteiger partial charge in [-0.3, -0.25) is 0 Å². The molecule has 0 bridgehead atoms. The topological polar surface area (TPSA) is 24.9 Å². The molecule has 1 N–H and O–H groups in total. The monoisotopic (exact) mass is 409 g/mol. The number of nitrogens with zero attached hydrogens (tertiary/aromatic N) is 1. The van der Waals surface area contributed by atoms with Crippen LogP contribution in [0.5, 0.6) is 0 Å². The van der Waals surface area contributed by atoms with Crippen LogP contribution in [-0.4, -0.2) is 11.5 Å². The minimum absolute atomic E-state index is 0.917. The van der Waals surface area contributed by atoms with Crippen LogP contribution in [0.1, 0.15) is 17.7 Å². The molecule has 2 heterocycles. The summed E-state index contributed by atoms with van der Waals surface area (Å²) in [5, 5.41) is 7.70. The van der Waals surface area contributed by atoms with Crippen molar-refractivity contribution >= 4 is 29.0 Å². The van der Waals surface area contributed by atoms with E-state index in [1.54, 1.807) is 0 Å². The highest BCUT2D eigenvalue weighted by atomic mass is 31.2. The zero-order chi connectivity index (χ0) is 20.2. The molecule has 1 aliphatic rings. The molecule has 0 fully saturated rings. The van der Waals surface area contributed by atoms with Gasteiger partial charge in [-0.05, 0) is 60.9 Å². The molecule has 3 heteroatoms. The van der Waals surface area contributed by atoms with Crippen LogP contribution in [0.4, 0.5) is 5.82 Å². The highest BCUT2D eigenvalue weighted by Gasteiger charge is 2.45. The van der Waals surface area contributed by atoms with Crippen molar-refractivity contribution < 1.29 is 0 Å². The number of pyridine rings is 1. The fourth-order valence-corrected chi connectivity index (χ4v) is 8.62. The highest BCUT2D eigenvalue weighted by molar-refractivity contribution is 7.95. The fraction of sp³-hybridized carbons (Fsp3) is 0.148. The average Bonchev–Trinajstić information content (AvgIpc) is 2.84. The highest BCUT2D eigenvalue weighted by Crippen LogP contribution is 2.58. The minimum atomic E-state index is -1.90. The Labute approximate surface area is 179 Å². The van der Waals surface area contributed by atoms with E-state index in [1.807, 2.05) is 0 Å². The second kappa shape index (κ2) is 8.42. The normalized spacial score (nSPS) is 13.3. The summed E-state index contributed by atoms with van der Waals surface area (Å²) in [6.45, 7) is 1.01. The van der Waals surface area contributed by atoms with E-state index in [2.05, 4.69) is 108 Å². The molecule has 4 aromatic rings. The number of nitrogens with one attached hydrogen (secondary N) is 1. The maximum Gasteiger partial charge on any atom is 0.129 e. The van der Waals surface area contributed by atoms with Crippen LogP contribution in [0.15, 0.2) is 103 Å². The van der Waals surface area contributed by atoms with Gasteiger partial charge in [0.25, 0.3) is 0 Å². The lowest BCUT2D eigenvalue weighted by Crippen LogP contribution is -2.32. The summed E-state index contributed by atoms with van der Waals surface area (Å²) >= 11 is 0. The lowest BCUT2D eigenvalue weighted by molar-refractivity contribution is 0.814. The Hall–Kier alpha value is -2.96. The second-order valence-corrected chi connectivity index (χ2v) is 11.3.